The summed E-state index contributed by atoms with van der Waals surface area (Å²) in [5, 5.41) is 0.618. The molecule has 0 amide bonds. The van der Waals surface area contributed by atoms with Gasteiger partial charge in [-0.15, -0.1) is 11.6 Å². The Morgan fingerprint density at radius 2 is 2.33 bits per heavy atom. The Labute approximate surface area is 126 Å². The summed E-state index contributed by atoms with van der Waals surface area (Å²) in [6.07, 6.45) is 1.67. The fraction of sp³-hybridized carbons (Fsp3) is 0.583. The Morgan fingerprint density at radius 1 is 1.61 bits per heavy atom. The number of morpholine rings is 1. The summed E-state index contributed by atoms with van der Waals surface area (Å²) >= 11 is 15.3. The van der Waals surface area contributed by atoms with Gasteiger partial charge in [-0.2, -0.15) is 0 Å². The van der Waals surface area contributed by atoms with E-state index in [9.17, 15) is 0 Å². The highest BCUT2D eigenvalue weighted by Gasteiger charge is 2.34. The van der Waals surface area contributed by atoms with Crippen LogP contribution in [0.2, 0.25) is 5.02 Å². The fourth-order valence-electron chi connectivity index (χ4n) is 2.18. The lowest BCUT2D eigenvalue weighted by Gasteiger charge is -2.43. The first-order valence-corrected chi connectivity index (χ1v) is 7.41. The number of nitrogens with zero attached hydrogens (tertiary/aromatic N) is 2. The molecule has 0 aromatic carbocycles. The van der Waals surface area contributed by atoms with Crippen molar-refractivity contribution < 1.29 is 4.74 Å². The molecule has 0 spiro atoms. The third kappa shape index (κ3) is 3.29. The number of ether oxygens (including phenoxy) is 1. The second kappa shape index (κ2) is 5.53. The number of pyridine rings is 1. The smallest absolute Gasteiger partial charge is 0.143 e. The Bertz CT molecular complexity index is 442. The summed E-state index contributed by atoms with van der Waals surface area (Å²) in [6, 6.07) is 1.85. The molecule has 0 aliphatic carbocycles. The average molecular weight is 354 g/mol. The second-order valence-electron chi connectivity index (χ2n) is 4.99. The molecule has 2 heterocycles. The number of aromatic nitrogens is 1. The molecule has 1 fully saturated rings. The van der Waals surface area contributed by atoms with E-state index in [0.29, 0.717) is 10.9 Å². The van der Waals surface area contributed by atoms with Crippen molar-refractivity contribution in [3.05, 3.63) is 21.8 Å². The minimum atomic E-state index is -0.238. The monoisotopic (exact) mass is 352 g/mol. The predicted molar refractivity (Wildman–Crippen MR) is 78.8 cm³/mol. The Hall–Kier alpha value is -0.0300. The van der Waals surface area contributed by atoms with Crippen LogP contribution in [0.1, 0.15) is 13.8 Å². The van der Waals surface area contributed by atoms with E-state index < -0.39 is 0 Å². The normalized spacial score (nSPS) is 23.2. The molecule has 0 radical (unpaired) electrons. The van der Waals surface area contributed by atoms with Gasteiger partial charge in [0.25, 0.3) is 0 Å². The SMILES string of the molecule is CC1(C)CN(c2ncc(Cl)cc2Br)CC(CCl)O1. The number of anilines is 1. The maximum absolute atomic E-state index is 5.92. The minimum absolute atomic E-state index is 0.0137. The fourth-order valence-corrected chi connectivity index (χ4v) is 3.23. The molecule has 1 atom stereocenters. The van der Waals surface area contributed by atoms with Crippen molar-refractivity contribution in [2.24, 2.45) is 0 Å². The molecule has 1 aromatic rings. The Morgan fingerprint density at radius 3 is 2.94 bits per heavy atom. The third-order valence-electron chi connectivity index (χ3n) is 2.74. The summed E-state index contributed by atoms with van der Waals surface area (Å²) in [5.74, 6) is 1.36. The summed E-state index contributed by atoms with van der Waals surface area (Å²) in [5.41, 5.74) is -0.238. The summed E-state index contributed by atoms with van der Waals surface area (Å²) in [7, 11) is 0. The van der Waals surface area contributed by atoms with E-state index in [0.717, 1.165) is 23.4 Å². The number of rotatable bonds is 2. The zero-order valence-electron chi connectivity index (χ0n) is 10.3. The molecule has 6 heteroatoms. The largest absolute Gasteiger partial charge is 0.367 e. The molecular weight excluding hydrogens is 339 g/mol. The third-order valence-corrected chi connectivity index (χ3v) is 3.88. The molecule has 18 heavy (non-hydrogen) atoms. The molecule has 1 aliphatic heterocycles. The van der Waals surface area contributed by atoms with E-state index in [4.69, 9.17) is 27.9 Å². The van der Waals surface area contributed by atoms with E-state index in [1.165, 1.54) is 0 Å². The molecular formula is C12H15BrCl2N2O. The van der Waals surface area contributed by atoms with E-state index >= 15 is 0 Å². The van der Waals surface area contributed by atoms with Crippen molar-refractivity contribution in [3.63, 3.8) is 0 Å². The van der Waals surface area contributed by atoms with Crippen molar-refractivity contribution >= 4 is 44.9 Å². The highest BCUT2D eigenvalue weighted by atomic mass is 79.9. The number of hydrogen-bond donors (Lipinski definition) is 0. The van der Waals surface area contributed by atoms with Crippen LogP contribution in [0.5, 0.6) is 0 Å². The van der Waals surface area contributed by atoms with E-state index in [2.05, 4.69) is 39.7 Å². The first-order chi connectivity index (χ1) is 8.41. The lowest BCUT2D eigenvalue weighted by atomic mass is 10.1. The van der Waals surface area contributed by atoms with Crippen LogP contribution in [0.25, 0.3) is 0 Å². The number of alkyl halides is 1. The van der Waals surface area contributed by atoms with Gasteiger partial charge in [0.05, 0.1) is 27.1 Å². The molecule has 1 saturated heterocycles. The number of halogens is 3. The van der Waals surface area contributed by atoms with Crippen LogP contribution in [0.15, 0.2) is 16.7 Å². The molecule has 2 rings (SSSR count). The zero-order valence-corrected chi connectivity index (χ0v) is 13.4. The van der Waals surface area contributed by atoms with E-state index in [1.54, 1.807) is 6.20 Å². The highest BCUT2D eigenvalue weighted by Crippen LogP contribution is 2.31. The zero-order chi connectivity index (χ0) is 13.3. The van der Waals surface area contributed by atoms with Gasteiger partial charge in [0.2, 0.25) is 0 Å². The first-order valence-electron chi connectivity index (χ1n) is 5.71. The molecule has 0 bridgehead atoms. The highest BCUT2D eigenvalue weighted by molar-refractivity contribution is 9.10. The maximum Gasteiger partial charge on any atom is 0.143 e. The van der Waals surface area contributed by atoms with Crippen molar-refractivity contribution in [3.8, 4) is 0 Å². The van der Waals surface area contributed by atoms with Crippen molar-refractivity contribution in [1.82, 2.24) is 4.98 Å². The van der Waals surface area contributed by atoms with Crippen molar-refractivity contribution in [2.75, 3.05) is 23.9 Å². The molecule has 0 N–H and O–H groups in total. The van der Waals surface area contributed by atoms with Gasteiger partial charge < -0.3 is 9.64 Å². The van der Waals surface area contributed by atoms with Gasteiger partial charge >= 0.3 is 0 Å². The van der Waals surface area contributed by atoms with Crippen LogP contribution in [0, 0.1) is 0 Å². The maximum atomic E-state index is 5.92. The average Bonchev–Trinajstić information content (AvgIpc) is 2.26. The Balaban J connectivity index is 2.26. The molecule has 1 aliphatic rings. The van der Waals surface area contributed by atoms with Crippen LogP contribution in [-0.4, -0.2) is 35.7 Å². The van der Waals surface area contributed by atoms with Gasteiger partial charge in [-0.05, 0) is 35.8 Å². The lowest BCUT2D eigenvalue weighted by Crippen LogP contribution is -2.53. The van der Waals surface area contributed by atoms with Crippen LogP contribution < -0.4 is 4.90 Å². The van der Waals surface area contributed by atoms with Gasteiger partial charge in [0.15, 0.2) is 0 Å². The molecule has 3 nitrogen and oxygen atoms in total. The number of hydrogen-bond acceptors (Lipinski definition) is 3. The second-order valence-corrected chi connectivity index (χ2v) is 6.59. The van der Waals surface area contributed by atoms with Gasteiger partial charge in [-0.25, -0.2) is 4.98 Å². The van der Waals surface area contributed by atoms with Crippen molar-refractivity contribution in [2.45, 2.75) is 25.6 Å². The summed E-state index contributed by atoms with van der Waals surface area (Å²) < 4.78 is 6.79. The topological polar surface area (TPSA) is 25.4 Å². The lowest BCUT2D eigenvalue weighted by molar-refractivity contribution is -0.0736. The van der Waals surface area contributed by atoms with Gasteiger partial charge in [0, 0.05) is 19.3 Å². The summed E-state index contributed by atoms with van der Waals surface area (Å²) in [6.45, 7) is 5.62. The van der Waals surface area contributed by atoms with Crippen LogP contribution in [-0.2, 0) is 4.74 Å². The van der Waals surface area contributed by atoms with E-state index in [-0.39, 0.29) is 11.7 Å². The summed E-state index contributed by atoms with van der Waals surface area (Å²) in [4.78, 5) is 6.56. The van der Waals surface area contributed by atoms with Gasteiger partial charge in [-0.1, -0.05) is 11.6 Å². The van der Waals surface area contributed by atoms with E-state index in [1.807, 2.05) is 6.07 Å². The van der Waals surface area contributed by atoms with Crippen LogP contribution in [0.4, 0.5) is 5.82 Å². The van der Waals surface area contributed by atoms with Crippen molar-refractivity contribution in [1.29, 1.82) is 0 Å². The van der Waals surface area contributed by atoms with Crippen LogP contribution in [0.3, 0.4) is 0 Å². The Kier molecular flexibility index (Phi) is 4.42. The van der Waals surface area contributed by atoms with Crippen LogP contribution >= 0.6 is 39.1 Å². The molecule has 0 saturated carbocycles. The predicted octanol–water partition coefficient (Wildman–Crippen LogP) is 3.72. The minimum Gasteiger partial charge on any atom is -0.367 e. The van der Waals surface area contributed by atoms with Gasteiger partial charge in [-0.3, -0.25) is 0 Å². The standard InChI is InChI=1S/C12H15BrCl2N2O/c1-12(2)7-17(6-9(4-14)18-12)11-10(13)3-8(15)5-16-11/h3,5,9H,4,6-7H2,1-2H3. The molecule has 100 valence electrons. The van der Waals surface area contributed by atoms with Gasteiger partial charge in [0.1, 0.15) is 5.82 Å². The quantitative estimate of drug-likeness (QED) is 0.757. The first kappa shape index (κ1) is 14.4. The molecule has 1 unspecified atom stereocenters. The molecule has 1 aromatic heterocycles.